The van der Waals surface area contributed by atoms with Crippen molar-refractivity contribution in [1.82, 2.24) is 5.32 Å². The van der Waals surface area contributed by atoms with Crippen LogP contribution in [-0.4, -0.2) is 32.7 Å². The second-order valence-electron chi connectivity index (χ2n) is 4.78. The van der Waals surface area contributed by atoms with Crippen LogP contribution in [0, 0.1) is 5.92 Å². The van der Waals surface area contributed by atoms with E-state index in [1.165, 1.54) is 12.8 Å². The molecule has 0 saturated heterocycles. The molecule has 112 valence electrons. The first-order valence-electron chi connectivity index (χ1n) is 6.41. The molecule has 0 aliphatic heterocycles. The topological polar surface area (TPSA) is 73.6 Å². The van der Waals surface area contributed by atoms with Gasteiger partial charge in [-0.1, -0.05) is 0 Å². The molecule has 1 aliphatic rings. The fraction of sp³-hybridized carbons (Fsp3) is 0.500. The Hall–Kier alpha value is -1.46. The number of carbonyl (C=O) groups is 1. The Kier molecular flexibility index (Phi) is 6.10. The van der Waals surface area contributed by atoms with Crippen molar-refractivity contribution in [2.45, 2.75) is 18.9 Å². The molecule has 0 aromatic heterocycles. The lowest BCUT2D eigenvalue weighted by Gasteiger charge is -2.13. The third kappa shape index (κ3) is 4.02. The van der Waals surface area contributed by atoms with E-state index < -0.39 is 0 Å². The maximum Gasteiger partial charge on any atom is 0.251 e. The number of halogens is 1. The van der Waals surface area contributed by atoms with Crippen molar-refractivity contribution in [3.05, 3.63) is 23.8 Å². The number of ether oxygens (including phenoxy) is 2. The zero-order valence-corrected chi connectivity index (χ0v) is 12.5. The fourth-order valence-electron chi connectivity index (χ4n) is 1.98. The van der Waals surface area contributed by atoms with Crippen LogP contribution >= 0.6 is 12.4 Å². The largest absolute Gasteiger partial charge is 0.493 e. The van der Waals surface area contributed by atoms with Gasteiger partial charge < -0.3 is 20.5 Å². The highest BCUT2D eigenvalue weighted by molar-refractivity contribution is 5.94. The molecule has 1 amide bonds. The van der Waals surface area contributed by atoms with Crippen LogP contribution in [0.4, 0.5) is 0 Å². The number of hydrogen-bond acceptors (Lipinski definition) is 4. The van der Waals surface area contributed by atoms with Crippen molar-refractivity contribution >= 4 is 18.3 Å². The first-order valence-corrected chi connectivity index (χ1v) is 6.41. The van der Waals surface area contributed by atoms with Crippen LogP contribution in [0.15, 0.2) is 18.2 Å². The van der Waals surface area contributed by atoms with E-state index >= 15 is 0 Å². The molecule has 6 heteroatoms. The van der Waals surface area contributed by atoms with Gasteiger partial charge in [0.05, 0.1) is 14.2 Å². The first-order chi connectivity index (χ1) is 9.15. The lowest BCUT2D eigenvalue weighted by Crippen LogP contribution is -2.38. The number of nitrogens with one attached hydrogen (secondary N) is 1. The summed E-state index contributed by atoms with van der Waals surface area (Å²) >= 11 is 0. The Labute approximate surface area is 125 Å². The standard InChI is InChI=1S/C14H20N2O3.ClH/c1-18-12-6-5-10(7-13(12)19-2)14(17)16-8-11(15)9-3-4-9;/h5-7,9,11H,3-4,8,15H2,1-2H3,(H,16,17);1H. The van der Waals surface area contributed by atoms with Gasteiger partial charge in [-0.25, -0.2) is 0 Å². The summed E-state index contributed by atoms with van der Waals surface area (Å²) in [5.74, 6) is 1.58. The number of benzene rings is 1. The number of carbonyl (C=O) groups excluding carboxylic acids is 1. The summed E-state index contributed by atoms with van der Waals surface area (Å²) in [7, 11) is 3.11. The van der Waals surface area contributed by atoms with Gasteiger partial charge in [0.2, 0.25) is 0 Å². The highest BCUT2D eigenvalue weighted by Crippen LogP contribution is 2.31. The minimum Gasteiger partial charge on any atom is -0.493 e. The minimum absolute atomic E-state index is 0. The van der Waals surface area contributed by atoms with Gasteiger partial charge in [-0.05, 0) is 37.0 Å². The lowest BCUT2D eigenvalue weighted by molar-refractivity contribution is 0.0950. The van der Waals surface area contributed by atoms with Gasteiger partial charge in [0.1, 0.15) is 0 Å². The molecule has 1 fully saturated rings. The third-order valence-electron chi connectivity index (χ3n) is 3.37. The summed E-state index contributed by atoms with van der Waals surface area (Å²) in [6.45, 7) is 0.512. The Morgan fingerprint density at radius 2 is 2.00 bits per heavy atom. The van der Waals surface area contributed by atoms with Gasteiger partial charge in [-0.3, -0.25) is 4.79 Å². The number of rotatable bonds is 6. The van der Waals surface area contributed by atoms with Crippen LogP contribution in [0.25, 0.3) is 0 Å². The second kappa shape index (κ2) is 7.36. The molecule has 2 rings (SSSR count). The molecule has 1 aromatic rings. The molecular formula is C14H21ClN2O3. The summed E-state index contributed by atoms with van der Waals surface area (Å²) in [6.07, 6.45) is 2.35. The van der Waals surface area contributed by atoms with E-state index in [1.807, 2.05) is 0 Å². The van der Waals surface area contributed by atoms with Crippen molar-refractivity contribution in [2.75, 3.05) is 20.8 Å². The van der Waals surface area contributed by atoms with Crippen LogP contribution in [0.2, 0.25) is 0 Å². The summed E-state index contributed by atoms with van der Waals surface area (Å²) in [6, 6.07) is 5.15. The second-order valence-corrected chi connectivity index (χ2v) is 4.78. The maximum atomic E-state index is 12.0. The van der Waals surface area contributed by atoms with E-state index in [0.29, 0.717) is 29.5 Å². The van der Waals surface area contributed by atoms with Crippen molar-refractivity contribution in [2.24, 2.45) is 11.7 Å². The number of methoxy groups -OCH3 is 2. The molecule has 0 spiro atoms. The zero-order valence-electron chi connectivity index (χ0n) is 11.7. The molecule has 0 radical (unpaired) electrons. The first kappa shape index (κ1) is 16.6. The van der Waals surface area contributed by atoms with Gasteiger partial charge in [0, 0.05) is 18.2 Å². The van der Waals surface area contributed by atoms with E-state index in [9.17, 15) is 4.79 Å². The Bertz CT molecular complexity index is 464. The van der Waals surface area contributed by atoms with Gasteiger partial charge in [-0.15, -0.1) is 12.4 Å². The highest BCUT2D eigenvalue weighted by Gasteiger charge is 2.28. The van der Waals surface area contributed by atoms with E-state index in [2.05, 4.69) is 5.32 Å². The molecule has 20 heavy (non-hydrogen) atoms. The van der Waals surface area contributed by atoms with E-state index in [-0.39, 0.29) is 24.4 Å². The average molecular weight is 301 g/mol. The molecule has 3 N–H and O–H groups in total. The van der Waals surface area contributed by atoms with Gasteiger partial charge >= 0.3 is 0 Å². The minimum atomic E-state index is -0.142. The molecule has 0 bridgehead atoms. The normalized spacial score (nSPS) is 14.9. The van der Waals surface area contributed by atoms with Crippen LogP contribution in [0.3, 0.4) is 0 Å². The molecule has 1 unspecified atom stereocenters. The Morgan fingerprint density at radius 1 is 1.35 bits per heavy atom. The van der Waals surface area contributed by atoms with Crippen molar-refractivity contribution in [3.8, 4) is 11.5 Å². The Balaban J connectivity index is 0.00000200. The summed E-state index contributed by atoms with van der Waals surface area (Å²) in [5.41, 5.74) is 6.49. The fourth-order valence-corrected chi connectivity index (χ4v) is 1.98. The highest BCUT2D eigenvalue weighted by atomic mass is 35.5. The van der Waals surface area contributed by atoms with Crippen LogP contribution in [-0.2, 0) is 0 Å². The lowest BCUT2D eigenvalue weighted by atomic mass is 10.1. The Morgan fingerprint density at radius 3 is 2.55 bits per heavy atom. The quantitative estimate of drug-likeness (QED) is 0.837. The van der Waals surface area contributed by atoms with Gasteiger partial charge in [0.15, 0.2) is 11.5 Å². The van der Waals surface area contributed by atoms with Crippen LogP contribution in [0.5, 0.6) is 11.5 Å². The van der Waals surface area contributed by atoms with Gasteiger partial charge in [0.25, 0.3) is 5.91 Å². The van der Waals surface area contributed by atoms with Crippen LogP contribution < -0.4 is 20.5 Å². The average Bonchev–Trinajstić information content (AvgIpc) is 3.28. The number of amides is 1. The molecule has 1 aliphatic carbocycles. The summed E-state index contributed by atoms with van der Waals surface area (Å²) in [5, 5.41) is 2.85. The molecule has 0 heterocycles. The predicted molar refractivity (Wildman–Crippen MR) is 79.8 cm³/mol. The van der Waals surface area contributed by atoms with Gasteiger partial charge in [-0.2, -0.15) is 0 Å². The molecular weight excluding hydrogens is 280 g/mol. The molecule has 1 atom stereocenters. The smallest absolute Gasteiger partial charge is 0.251 e. The third-order valence-corrected chi connectivity index (χ3v) is 3.37. The SMILES string of the molecule is COc1ccc(C(=O)NCC(N)C2CC2)cc1OC.Cl. The van der Waals surface area contributed by atoms with Crippen molar-refractivity contribution < 1.29 is 14.3 Å². The zero-order chi connectivity index (χ0) is 13.8. The monoisotopic (exact) mass is 300 g/mol. The van der Waals surface area contributed by atoms with E-state index in [1.54, 1.807) is 32.4 Å². The van der Waals surface area contributed by atoms with E-state index in [0.717, 1.165) is 0 Å². The summed E-state index contributed by atoms with van der Waals surface area (Å²) in [4.78, 5) is 12.0. The number of hydrogen-bond donors (Lipinski definition) is 2. The molecule has 1 saturated carbocycles. The van der Waals surface area contributed by atoms with Crippen molar-refractivity contribution in [1.29, 1.82) is 0 Å². The number of nitrogens with two attached hydrogens (primary N) is 1. The summed E-state index contributed by atoms with van der Waals surface area (Å²) < 4.78 is 10.3. The van der Waals surface area contributed by atoms with Crippen molar-refractivity contribution in [3.63, 3.8) is 0 Å². The maximum absolute atomic E-state index is 12.0. The molecule has 1 aromatic carbocycles. The van der Waals surface area contributed by atoms with E-state index in [4.69, 9.17) is 15.2 Å². The van der Waals surface area contributed by atoms with Crippen LogP contribution in [0.1, 0.15) is 23.2 Å². The molecule has 5 nitrogen and oxygen atoms in total. The predicted octanol–water partition coefficient (Wildman–Crippen LogP) is 1.59.